The van der Waals surface area contributed by atoms with Crippen molar-refractivity contribution in [1.29, 1.82) is 0 Å². The van der Waals surface area contributed by atoms with Gasteiger partial charge in [-0.2, -0.15) is 0 Å². The molecule has 0 spiro atoms. The van der Waals surface area contributed by atoms with Crippen molar-refractivity contribution in [2.75, 3.05) is 96.8 Å². The number of imide groups is 1. The lowest BCUT2D eigenvalue weighted by atomic mass is 9.63. The van der Waals surface area contributed by atoms with Crippen molar-refractivity contribution in [1.82, 2.24) is 58.5 Å². The van der Waals surface area contributed by atoms with Crippen LogP contribution in [0.15, 0.2) is 30.3 Å². The predicted molar refractivity (Wildman–Crippen MR) is 476 cm³/mol. The molecule has 18 heteroatoms. The molecule has 6 amide bonds. The normalized spacial score (nSPS) is 22.1. The SMILES string of the molecule is CC(C)C1(C(C)C)C(=O)NCN1c1ccccc1.CC(C)C1(C(C)C)CCCNC1.CC(C)C1(C(C)C)CCNC1.CC(C)C1(C(C)C)CCNC1=O.CC(C)C1(C(C)C)CCNCC1.CC(C)C1(C(C)C)CNC1.CC(C)C1(C(C)C)CNCCO1.CC(C)C1(C(C)C)NC(=O)NC1=O.CC(C)C1(C(C)C)NCNC1=O. The first-order valence-corrected chi connectivity index (χ1v) is 45.2. The van der Waals surface area contributed by atoms with Crippen molar-refractivity contribution in [2.45, 2.75) is 310 Å². The fourth-order valence-electron chi connectivity index (χ4n) is 21.4. The van der Waals surface area contributed by atoms with Gasteiger partial charge in [0.25, 0.3) is 5.91 Å². The average molecular weight is 1580 g/mol. The molecular formula is C94H182N12O6. The summed E-state index contributed by atoms with van der Waals surface area (Å²) in [6, 6.07) is 9.79. The van der Waals surface area contributed by atoms with E-state index >= 15 is 0 Å². The molecule has 0 bridgehead atoms. The molecule has 18 nitrogen and oxygen atoms in total. The number of carbonyl (C=O) groups excluding carboxylic acids is 5. The summed E-state index contributed by atoms with van der Waals surface area (Å²) in [5, 5.41) is 34.3. The zero-order valence-electron chi connectivity index (χ0n) is 79.3. The summed E-state index contributed by atoms with van der Waals surface area (Å²) >= 11 is 0. The second-order valence-corrected chi connectivity index (χ2v) is 40.6. The predicted octanol–water partition coefficient (Wildman–Crippen LogP) is 17.2. The van der Waals surface area contributed by atoms with E-state index in [0.717, 1.165) is 85.7 Å². The van der Waals surface area contributed by atoms with E-state index < -0.39 is 11.1 Å². The first kappa shape index (κ1) is 104. The molecule has 10 rings (SSSR count). The van der Waals surface area contributed by atoms with Gasteiger partial charge < -0.3 is 57.5 Å². The van der Waals surface area contributed by atoms with Gasteiger partial charge >= 0.3 is 6.03 Å². The first-order chi connectivity index (χ1) is 51.9. The van der Waals surface area contributed by atoms with Crippen LogP contribution >= 0.6 is 0 Å². The number of hydrogen-bond donors (Lipinski definition) is 11. The van der Waals surface area contributed by atoms with Crippen LogP contribution in [0.1, 0.15) is 288 Å². The standard InChI is InChI=1S/C15H22N2O.2C11H23N.C10H21NO.C10H19NO.C10H21N.C9H16N2O2.C9H18N2O.C9H19N/c1-11(2)15(12(3)4)14(18)16-10-17(15)13-8-6-5-7-9-13;1-9(2)11(10(3)4)5-7-12-8-6-11;1-9(2)11(10(3)4)6-5-7-12-8-11;1-8(2)10(9(3)4)7-11-5-6-12-10;1-7(2)10(8(3)4)5-6-11-9(10)12;1-8(2)10(9(3)4)5-6-11-7-10;1-5(2)9(6(3)4)7(12)10-8(13)11-9;1-6(2)9(7(3)4)8(12)10-5-11-9;1-7(2)9(8(3)4)5-10-6-9/h5-9,11-12H,10H2,1-4H3,(H,16,18);2*9-10,12H,5-8H2,1-4H3;8-9,11H,5-7H2,1-4H3;7-8H,5-6H2,1-4H3,(H,11,12);8-9,11H,5-7H2,1-4H3;5-6H,1-4H3,(H2,10,11,12,13);6-7,11H,5H2,1-4H3,(H,10,12);7-8,10H,5-6H2,1-4H3. The van der Waals surface area contributed by atoms with Crippen molar-refractivity contribution in [3.63, 3.8) is 0 Å². The lowest BCUT2D eigenvalue weighted by molar-refractivity contribution is -0.132. The average Bonchev–Trinajstić information content (AvgIpc) is 1.56. The Bertz CT molecular complexity index is 2660. The summed E-state index contributed by atoms with van der Waals surface area (Å²) in [5.74, 6) is 10.4. The Morgan fingerprint density at radius 3 is 0.973 bits per heavy atom. The first-order valence-electron chi connectivity index (χ1n) is 45.2. The maximum absolute atomic E-state index is 12.4. The number of morpholine rings is 1. The number of benzene rings is 1. The highest BCUT2D eigenvalue weighted by molar-refractivity contribution is 6.07. The van der Waals surface area contributed by atoms with E-state index in [0.29, 0.717) is 70.5 Å². The summed E-state index contributed by atoms with van der Waals surface area (Å²) < 4.78 is 5.93. The smallest absolute Gasteiger partial charge is 0.322 e. The van der Waals surface area contributed by atoms with E-state index in [1.807, 2.05) is 45.9 Å². The van der Waals surface area contributed by atoms with Crippen LogP contribution in [-0.2, 0) is 23.9 Å². The molecule has 1 aromatic carbocycles. The molecule has 0 saturated carbocycles. The van der Waals surface area contributed by atoms with E-state index in [4.69, 9.17) is 4.74 Å². The molecule has 654 valence electrons. The number of amides is 6. The molecule has 0 radical (unpaired) electrons. The van der Waals surface area contributed by atoms with Crippen LogP contribution < -0.4 is 63.4 Å². The van der Waals surface area contributed by atoms with Crippen molar-refractivity contribution >= 4 is 35.3 Å². The van der Waals surface area contributed by atoms with Crippen molar-refractivity contribution in [2.24, 2.45) is 134 Å². The summed E-state index contributed by atoms with van der Waals surface area (Å²) in [6.07, 6.45) is 7.86. The third-order valence-electron chi connectivity index (χ3n) is 30.2. The molecule has 11 N–H and O–H groups in total. The van der Waals surface area contributed by atoms with Crippen molar-refractivity contribution in [3.05, 3.63) is 30.3 Å². The van der Waals surface area contributed by atoms with Gasteiger partial charge in [0.2, 0.25) is 17.7 Å². The van der Waals surface area contributed by atoms with Gasteiger partial charge in [-0.05, 0) is 205 Å². The van der Waals surface area contributed by atoms with E-state index in [1.54, 1.807) is 0 Å². The summed E-state index contributed by atoms with van der Waals surface area (Å²) in [4.78, 5) is 60.5. The number of para-hydroxylation sites is 1. The maximum atomic E-state index is 12.4. The van der Waals surface area contributed by atoms with Gasteiger partial charge in [-0.25, -0.2) is 4.79 Å². The lowest BCUT2D eigenvalue weighted by Gasteiger charge is -2.49. The van der Waals surface area contributed by atoms with Gasteiger partial charge in [-0.3, -0.25) is 29.8 Å². The quantitative estimate of drug-likeness (QED) is 0.0580. The Balaban J connectivity index is 0.000000430. The van der Waals surface area contributed by atoms with Crippen LogP contribution in [0.2, 0.25) is 0 Å². The Hall–Kier alpha value is -3.91. The molecule has 9 fully saturated rings. The Morgan fingerprint density at radius 1 is 0.330 bits per heavy atom. The molecule has 9 aliphatic heterocycles. The number of nitrogens with one attached hydrogen (secondary N) is 11. The molecule has 9 aliphatic rings. The molecule has 0 aromatic heterocycles. The minimum atomic E-state index is -0.725. The topological polar surface area (TPSA) is 230 Å². The Kier molecular flexibility index (Phi) is 42.7. The molecule has 0 unspecified atom stereocenters. The number of hydrogen-bond acceptors (Lipinski definition) is 13. The third kappa shape index (κ3) is 24.0. The highest BCUT2D eigenvalue weighted by Crippen LogP contribution is 2.47. The van der Waals surface area contributed by atoms with Crippen LogP contribution in [0.4, 0.5) is 10.5 Å². The second kappa shape index (κ2) is 45.9. The van der Waals surface area contributed by atoms with E-state index in [-0.39, 0.29) is 69.9 Å². The minimum Gasteiger partial charge on any atom is -0.372 e. The molecular weight excluding hydrogens is 1390 g/mol. The second-order valence-electron chi connectivity index (χ2n) is 40.6. The largest absolute Gasteiger partial charge is 0.372 e. The van der Waals surface area contributed by atoms with Gasteiger partial charge in [-0.1, -0.05) is 267 Å². The highest BCUT2D eigenvalue weighted by Gasteiger charge is 2.55. The van der Waals surface area contributed by atoms with Crippen LogP contribution in [0, 0.1) is 134 Å². The van der Waals surface area contributed by atoms with Crippen LogP contribution in [0.3, 0.4) is 0 Å². The number of nitrogens with zero attached hydrogens (tertiary/aromatic N) is 1. The third-order valence-corrected chi connectivity index (χ3v) is 30.2. The number of urea groups is 1. The van der Waals surface area contributed by atoms with E-state index in [1.165, 1.54) is 84.5 Å². The van der Waals surface area contributed by atoms with Crippen molar-refractivity contribution < 1.29 is 28.7 Å². The van der Waals surface area contributed by atoms with Crippen LogP contribution in [0.25, 0.3) is 0 Å². The molecule has 1 aromatic rings. The molecule has 0 aliphatic carbocycles. The van der Waals surface area contributed by atoms with Gasteiger partial charge in [-0.15, -0.1) is 0 Å². The number of ether oxygens (including phenoxy) is 1. The summed E-state index contributed by atoms with van der Waals surface area (Å²) in [5.41, 5.74) is 1.94. The zero-order chi connectivity index (χ0) is 86.1. The van der Waals surface area contributed by atoms with Crippen molar-refractivity contribution in [3.8, 4) is 0 Å². The highest BCUT2D eigenvalue weighted by atomic mass is 16.5. The maximum Gasteiger partial charge on any atom is 0.322 e. The lowest BCUT2D eigenvalue weighted by Crippen LogP contribution is -2.59. The van der Waals surface area contributed by atoms with Gasteiger partial charge in [0.05, 0.1) is 31.0 Å². The Labute approximate surface area is 689 Å². The molecule has 9 heterocycles. The van der Waals surface area contributed by atoms with Gasteiger partial charge in [0.15, 0.2) is 0 Å². The van der Waals surface area contributed by atoms with Crippen LogP contribution in [-0.4, -0.2) is 144 Å². The summed E-state index contributed by atoms with van der Waals surface area (Å²) in [7, 11) is 0. The number of anilines is 1. The summed E-state index contributed by atoms with van der Waals surface area (Å²) in [6.45, 7) is 94.6. The zero-order valence-corrected chi connectivity index (χ0v) is 79.3. The van der Waals surface area contributed by atoms with Gasteiger partial charge in [0.1, 0.15) is 16.6 Å². The van der Waals surface area contributed by atoms with E-state index in [2.05, 4.69) is 297 Å². The Morgan fingerprint density at radius 2 is 0.741 bits per heavy atom. The number of carbonyl (C=O) groups is 5. The fraction of sp³-hybridized carbons (Fsp3) is 0.883. The van der Waals surface area contributed by atoms with Gasteiger partial charge in [0, 0.05) is 51.5 Å². The fourth-order valence-corrected chi connectivity index (χ4v) is 21.4. The monoisotopic (exact) mass is 1580 g/mol. The van der Waals surface area contributed by atoms with Crippen LogP contribution in [0.5, 0.6) is 0 Å². The molecule has 0 atom stereocenters. The number of piperidine rings is 2. The molecule has 9 saturated heterocycles. The molecule has 112 heavy (non-hydrogen) atoms. The van der Waals surface area contributed by atoms with E-state index in [9.17, 15) is 24.0 Å². The minimum absolute atomic E-state index is 0.0677. The number of rotatable bonds is 19.